The van der Waals surface area contributed by atoms with Crippen LogP contribution >= 0.6 is 0 Å². The second-order valence-corrected chi connectivity index (χ2v) is 7.09. The maximum Gasteiger partial charge on any atom is 0.282 e. The van der Waals surface area contributed by atoms with Crippen LogP contribution in [-0.4, -0.2) is 62.2 Å². The van der Waals surface area contributed by atoms with E-state index in [4.69, 9.17) is 5.73 Å². The Balaban J connectivity index is 2.86. The van der Waals surface area contributed by atoms with Gasteiger partial charge in [0.05, 0.1) is 6.54 Å². The number of carbonyl (C=O) groups is 1. The van der Waals surface area contributed by atoms with Crippen molar-refractivity contribution in [2.45, 2.75) is 20.3 Å². The van der Waals surface area contributed by atoms with Crippen LogP contribution in [0.25, 0.3) is 0 Å². The number of primary amides is 1. The molecule has 1 saturated heterocycles. The van der Waals surface area contributed by atoms with Gasteiger partial charge in [-0.25, -0.2) is 0 Å². The van der Waals surface area contributed by atoms with Crippen molar-refractivity contribution < 1.29 is 13.2 Å². The van der Waals surface area contributed by atoms with Gasteiger partial charge in [-0.05, 0) is 18.9 Å². The summed E-state index contributed by atoms with van der Waals surface area (Å²) in [4.78, 5) is 11.1. The fraction of sp³-hybridized carbons (Fsp3) is 0.909. The molecule has 0 radical (unpaired) electrons. The highest BCUT2D eigenvalue weighted by atomic mass is 32.2. The molecule has 0 atom stereocenters. The van der Waals surface area contributed by atoms with Gasteiger partial charge in [0.25, 0.3) is 10.2 Å². The molecule has 1 rings (SSSR count). The van der Waals surface area contributed by atoms with E-state index in [1.165, 1.54) is 8.61 Å². The third-order valence-electron chi connectivity index (χ3n) is 2.85. The molecule has 1 aliphatic heterocycles. The van der Waals surface area contributed by atoms with Crippen molar-refractivity contribution in [2.75, 3.05) is 39.3 Å². The van der Waals surface area contributed by atoms with Gasteiger partial charge in [-0.15, -0.1) is 0 Å². The van der Waals surface area contributed by atoms with E-state index in [9.17, 15) is 13.2 Å². The van der Waals surface area contributed by atoms with Crippen LogP contribution in [0.15, 0.2) is 0 Å². The number of carbonyl (C=O) groups excluding carboxylic acids is 1. The van der Waals surface area contributed by atoms with Gasteiger partial charge in [0, 0.05) is 26.2 Å². The first-order chi connectivity index (χ1) is 8.84. The number of rotatable bonds is 6. The van der Waals surface area contributed by atoms with E-state index >= 15 is 0 Å². The molecule has 1 fully saturated rings. The fourth-order valence-corrected chi connectivity index (χ4v) is 3.82. The zero-order valence-electron chi connectivity index (χ0n) is 11.6. The molecule has 0 unspecified atom stereocenters. The Morgan fingerprint density at radius 3 is 2.63 bits per heavy atom. The summed E-state index contributed by atoms with van der Waals surface area (Å²) in [5.41, 5.74) is 5.15. The van der Waals surface area contributed by atoms with Crippen molar-refractivity contribution in [2.24, 2.45) is 11.7 Å². The summed E-state index contributed by atoms with van der Waals surface area (Å²) in [6.07, 6.45) is 0.769. The Bertz CT molecular complexity index is 389. The van der Waals surface area contributed by atoms with Crippen molar-refractivity contribution in [3.63, 3.8) is 0 Å². The first kappa shape index (κ1) is 16.4. The molecule has 0 aliphatic carbocycles. The molecule has 1 heterocycles. The molecule has 0 aromatic carbocycles. The summed E-state index contributed by atoms with van der Waals surface area (Å²) in [6.45, 7) is 6.20. The van der Waals surface area contributed by atoms with E-state index < -0.39 is 16.1 Å². The maximum absolute atomic E-state index is 12.5. The Kier molecular flexibility index (Phi) is 6.18. The highest BCUT2D eigenvalue weighted by molar-refractivity contribution is 7.86. The Morgan fingerprint density at radius 2 is 2.05 bits per heavy atom. The van der Waals surface area contributed by atoms with Crippen molar-refractivity contribution in [3.8, 4) is 0 Å². The van der Waals surface area contributed by atoms with Crippen LogP contribution in [0.1, 0.15) is 20.3 Å². The highest BCUT2D eigenvalue weighted by Crippen LogP contribution is 2.12. The van der Waals surface area contributed by atoms with Crippen LogP contribution < -0.4 is 11.1 Å². The lowest BCUT2D eigenvalue weighted by Gasteiger charge is -2.29. The molecule has 0 aromatic rings. The molecular weight excluding hydrogens is 268 g/mol. The molecule has 0 saturated carbocycles. The third-order valence-corrected chi connectivity index (χ3v) is 4.80. The second kappa shape index (κ2) is 7.18. The summed E-state index contributed by atoms with van der Waals surface area (Å²) < 4.78 is 27.7. The van der Waals surface area contributed by atoms with E-state index in [0.717, 1.165) is 13.0 Å². The monoisotopic (exact) mass is 292 g/mol. The average molecular weight is 292 g/mol. The molecular formula is C11H24N4O3S. The van der Waals surface area contributed by atoms with Crippen molar-refractivity contribution in [1.29, 1.82) is 0 Å². The predicted octanol–water partition coefficient (Wildman–Crippen LogP) is -1.03. The number of hydrogen-bond acceptors (Lipinski definition) is 4. The zero-order valence-corrected chi connectivity index (χ0v) is 12.4. The lowest BCUT2D eigenvalue weighted by molar-refractivity contribution is -0.118. The SMILES string of the molecule is CC(C)CN(CC(N)=O)S(=O)(=O)N1CCCNCC1. The van der Waals surface area contributed by atoms with Gasteiger partial charge in [0.2, 0.25) is 5.91 Å². The molecule has 1 amide bonds. The molecule has 0 spiro atoms. The quantitative estimate of drug-likeness (QED) is 0.654. The van der Waals surface area contributed by atoms with Gasteiger partial charge in [-0.3, -0.25) is 4.79 Å². The predicted molar refractivity (Wildman–Crippen MR) is 73.6 cm³/mol. The number of nitrogens with zero attached hydrogens (tertiary/aromatic N) is 2. The molecule has 8 heteroatoms. The summed E-state index contributed by atoms with van der Waals surface area (Å²) in [6, 6.07) is 0. The number of hydrogen-bond donors (Lipinski definition) is 2. The summed E-state index contributed by atoms with van der Waals surface area (Å²) in [5, 5.41) is 3.15. The third kappa shape index (κ3) is 5.06. The van der Waals surface area contributed by atoms with Crippen LogP contribution in [0.3, 0.4) is 0 Å². The van der Waals surface area contributed by atoms with E-state index in [1.54, 1.807) is 0 Å². The number of amides is 1. The van der Waals surface area contributed by atoms with E-state index in [2.05, 4.69) is 5.32 Å². The smallest absolute Gasteiger partial charge is 0.282 e. The minimum absolute atomic E-state index is 0.138. The highest BCUT2D eigenvalue weighted by Gasteiger charge is 2.31. The van der Waals surface area contributed by atoms with Gasteiger partial charge in [-0.1, -0.05) is 13.8 Å². The normalized spacial score (nSPS) is 18.7. The summed E-state index contributed by atoms with van der Waals surface area (Å²) in [5.74, 6) is -0.489. The van der Waals surface area contributed by atoms with Crippen LogP contribution in [0.5, 0.6) is 0 Å². The van der Waals surface area contributed by atoms with Crippen LogP contribution in [0.2, 0.25) is 0 Å². The summed E-state index contributed by atoms with van der Waals surface area (Å²) >= 11 is 0. The van der Waals surface area contributed by atoms with Gasteiger partial charge in [0.1, 0.15) is 0 Å². The molecule has 3 N–H and O–H groups in total. The molecule has 19 heavy (non-hydrogen) atoms. The van der Waals surface area contributed by atoms with E-state index in [-0.39, 0.29) is 12.5 Å². The van der Waals surface area contributed by atoms with Crippen LogP contribution in [0, 0.1) is 5.92 Å². The van der Waals surface area contributed by atoms with E-state index in [1.807, 2.05) is 13.8 Å². The molecule has 0 bridgehead atoms. The molecule has 0 aromatic heterocycles. The van der Waals surface area contributed by atoms with Gasteiger partial charge in [-0.2, -0.15) is 17.0 Å². The van der Waals surface area contributed by atoms with Gasteiger partial charge >= 0.3 is 0 Å². The van der Waals surface area contributed by atoms with Crippen LogP contribution in [0.4, 0.5) is 0 Å². The van der Waals surface area contributed by atoms with Crippen LogP contribution in [-0.2, 0) is 15.0 Å². The standard InChI is InChI=1S/C11H24N4O3S/c1-10(2)8-15(9-11(12)16)19(17,18)14-6-3-4-13-5-7-14/h10,13H,3-9H2,1-2H3,(H2,12,16). The number of nitrogens with one attached hydrogen (secondary N) is 1. The second-order valence-electron chi connectivity index (χ2n) is 5.16. The first-order valence-corrected chi connectivity index (χ1v) is 7.98. The topological polar surface area (TPSA) is 95.7 Å². The van der Waals surface area contributed by atoms with Gasteiger partial charge < -0.3 is 11.1 Å². The molecule has 112 valence electrons. The largest absolute Gasteiger partial charge is 0.369 e. The Hall–Kier alpha value is -0.700. The minimum Gasteiger partial charge on any atom is -0.369 e. The van der Waals surface area contributed by atoms with Crippen molar-refractivity contribution in [1.82, 2.24) is 13.9 Å². The fourth-order valence-electron chi connectivity index (χ4n) is 2.04. The Labute approximate surface area is 115 Å². The molecule has 7 nitrogen and oxygen atoms in total. The zero-order chi connectivity index (χ0) is 14.5. The van der Waals surface area contributed by atoms with Crippen molar-refractivity contribution in [3.05, 3.63) is 0 Å². The lowest BCUT2D eigenvalue weighted by Crippen LogP contribution is -2.49. The maximum atomic E-state index is 12.5. The minimum atomic E-state index is -3.61. The lowest BCUT2D eigenvalue weighted by atomic mass is 10.2. The first-order valence-electron chi connectivity index (χ1n) is 6.58. The van der Waals surface area contributed by atoms with Crippen molar-refractivity contribution >= 4 is 16.1 Å². The average Bonchev–Trinajstić information content (AvgIpc) is 2.55. The van der Waals surface area contributed by atoms with E-state index in [0.29, 0.717) is 26.2 Å². The summed E-state index contributed by atoms with van der Waals surface area (Å²) in [7, 11) is -3.61. The Morgan fingerprint density at radius 1 is 1.37 bits per heavy atom. The number of nitrogens with two attached hydrogens (primary N) is 1. The molecule has 1 aliphatic rings. The van der Waals surface area contributed by atoms with Gasteiger partial charge in [0.15, 0.2) is 0 Å².